The van der Waals surface area contributed by atoms with Crippen molar-refractivity contribution in [2.45, 2.75) is 27.2 Å². The van der Waals surface area contributed by atoms with Crippen LogP contribution in [-0.4, -0.2) is 59.3 Å². The first-order valence-electron chi connectivity index (χ1n) is 12.1. The van der Waals surface area contributed by atoms with Gasteiger partial charge in [-0.25, -0.2) is 4.39 Å². The third kappa shape index (κ3) is 5.00. The van der Waals surface area contributed by atoms with Crippen molar-refractivity contribution < 1.29 is 13.9 Å². The molecular weight excluding hydrogens is 459 g/mol. The number of hydrogen-bond donors (Lipinski definition) is 1. The van der Waals surface area contributed by atoms with E-state index in [0.29, 0.717) is 55.8 Å². The number of piperazine rings is 1. The quantitative estimate of drug-likeness (QED) is 0.673. The average Bonchev–Trinajstić information content (AvgIpc) is 3.47. The molecule has 1 amide bonds. The van der Waals surface area contributed by atoms with Gasteiger partial charge in [-0.05, 0) is 43.5 Å². The van der Waals surface area contributed by atoms with Gasteiger partial charge in [0.15, 0.2) is 11.6 Å². The first-order chi connectivity index (χ1) is 17.4. The van der Waals surface area contributed by atoms with Crippen molar-refractivity contribution in [1.29, 1.82) is 0 Å². The third-order valence-electron chi connectivity index (χ3n) is 6.43. The molecule has 5 rings (SSSR count). The Balaban J connectivity index is 1.44. The number of amidine groups is 1. The van der Waals surface area contributed by atoms with Crippen LogP contribution in [0.25, 0.3) is 6.08 Å². The normalized spacial score (nSPS) is 17.2. The molecule has 1 aromatic heterocycles. The number of halogens is 1. The summed E-state index contributed by atoms with van der Waals surface area (Å²) in [6, 6.07) is 5.37. The molecule has 1 saturated heterocycles. The molecule has 9 heteroatoms. The highest BCUT2D eigenvalue weighted by molar-refractivity contribution is 6.05. The van der Waals surface area contributed by atoms with Crippen molar-refractivity contribution >= 4 is 29.5 Å². The molecule has 3 heterocycles. The summed E-state index contributed by atoms with van der Waals surface area (Å²) in [7, 11) is 0. The molecule has 0 radical (unpaired) electrons. The number of anilines is 2. The van der Waals surface area contributed by atoms with Crippen LogP contribution in [0.3, 0.4) is 0 Å². The number of benzene rings is 1. The lowest BCUT2D eigenvalue weighted by Crippen LogP contribution is -2.48. The van der Waals surface area contributed by atoms with Gasteiger partial charge < -0.3 is 19.9 Å². The number of ether oxygens (including phenoxy) is 1. The summed E-state index contributed by atoms with van der Waals surface area (Å²) in [4.78, 5) is 29.2. The Bertz CT molecular complexity index is 1320. The van der Waals surface area contributed by atoms with Crippen LogP contribution in [0.5, 0.6) is 11.8 Å². The molecular formula is C27H29FN6O2. The topological polar surface area (TPSA) is 83.0 Å². The van der Waals surface area contributed by atoms with Gasteiger partial charge in [0.2, 0.25) is 5.91 Å². The number of nitrogens with zero attached hydrogens (tertiary/aromatic N) is 5. The Kier molecular flexibility index (Phi) is 6.54. The van der Waals surface area contributed by atoms with Gasteiger partial charge in [0.05, 0.1) is 6.54 Å². The predicted octanol–water partition coefficient (Wildman–Crippen LogP) is 4.36. The molecule has 1 fully saturated rings. The Hall–Kier alpha value is -4.01. The van der Waals surface area contributed by atoms with Crippen LogP contribution in [0.15, 0.2) is 52.6 Å². The Morgan fingerprint density at radius 1 is 1.17 bits per heavy atom. The van der Waals surface area contributed by atoms with E-state index in [9.17, 15) is 4.79 Å². The Morgan fingerprint density at radius 2 is 1.97 bits per heavy atom. The molecule has 1 N–H and O–H groups in total. The van der Waals surface area contributed by atoms with E-state index >= 15 is 4.39 Å². The maximum absolute atomic E-state index is 15.2. The molecule has 0 unspecified atom stereocenters. The van der Waals surface area contributed by atoms with E-state index in [-0.39, 0.29) is 17.7 Å². The van der Waals surface area contributed by atoms with Crippen LogP contribution in [0.4, 0.5) is 16.0 Å². The minimum atomic E-state index is -0.415. The van der Waals surface area contributed by atoms with Crippen molar-refractivity contribution in [1.82, 2.24) is 14.9 Å². The lowest BCUT2D eigenvalue weighted by Gasteiger charge is -2.35. The highest BCUT2D eigenvalue weighted by Crippen LogP contribution is 2.34. The predicted molar refractivity (Wildman–Crippen MR) is 139 cm³/mol. The van der Waals surface area contributed by atoms with E-state index in [1.165, 1.54) is 0 Å². The van der Waals surface area contributed by atoms with Crippen LogP contribution in [0.2, 0.25) is 0 Å². The van der Waals surface area contributed by atoms with Crippen molar-refractivity contribution in [2.24, 2.45) is 4.99 Å². The fourth-order valence-corrected chi connectivity index (χ4v) is 4.60. The van der Waals surface area contributed by atoms with Crippen molar-refractivity contribution in [2.75, 3.05) is 42.9 Å². The number of hydrogen-bond acceptors (Lipinski definition) is 7. The lowest BCUT2D eigenvalue weighted by molar-refractivity contribution is -0.129. The summed E-state index contributed by atoms with van der Waals surface area (Å²) in [5.41, 5.74) is 3.70. The lowest BCUT2D eigenvalue weighted by atomic mass is 10.1. The summed E-state index contributed by atoms with van der Waals surface area (Å²) in [5, 5.41) is 3.24. The molecule has 8 nitrogen and oxygen atoms in total. The zero-order valence-electron chi connectivity index (χ0n) is 20.7. The number of aliphatic imine (C=N–C) groups is 1. The Morgan fingerprint density at radius 3 is 2.72 bits per heavy atom. The number of nitrogens with one attached hydrogen (secondary N) is 1. The number of amides is 1. The molecule has 0 bridgehead atoms. The van der Waals surface area contributed by atoms with Crippen LogP contribution < -0.4 is 15.0 Å². The smallest absolute Gasteiger partial charge is 0.326 e. The summed E-state index contributed by atoms with van der Waals surface area (Å²) >= 11 is 0. The van der Waals surface area contributed by atoms with E-state index in [1.54, 1.807) is 13.0 Å². The largest absolute Gasteiger partial charge is 0.421 e. The van der Waals surface area contributed by atoms with E-state index in [4.69, 9.17) is 4.74 Å². The van der Waals surface area contributed by atoms with Gasteiger partial charge in [0.25, 0.3) is 0 Å². The summed E-state index contributed by atoms with van der Waals surface area (Å²) in [6.45, 7) is 8.57. The number of aromatic nitrogens is 2. The second-order valence-electron chi connectivity index (χ2n) is 9.15. The maximum atomic E-state index is 15.2. The van der Waals surface area contributed by atoms with Gasteiger partial charge in [-0.2, -0.15) is 9.97 Å². The average molecular weight is 489 g/mol. The second-order valence-corrected chi connectivity index (χ2v) is 9.15. The highest BCUT2D eigenvalue weighted by Gasteiger charge is 2.23. The van der Waals surface area contributed by atoms with Gasteiger partial charge in [-0.1, -0.05) is 29.9 Å². The first-order valence-corrected chi connectivity index (χ1v) is 12.1. The van der Waals surface area contributed by atoms with E-state index in [2.05, 4.69) is 25.2 Å². The molecule has 0 atom stereocenters. The van der Waals surface area contributed by atoms with Crippen molar-refractivity contribution in [3.05, 3.63) is 64.5 Å². The monoisotopic (exact) mass is 488 g/mol. The van der Waals surface area contributed by atoms with Crippen LogP contribution in [0, 0.1) is 5.82 Å². The fourth-order valence-electron chi connectivity index (χ4n) is 4.60. The molecule has 36 heavy (non-hydrogen) atoms. The Labute approximate surface area is 209 Å². The van der Waals surface area contributed by atoms with E-state index in [1.807, 2.05) is 55.2 Å². The molecule has 0 spiro atoms. The van der Waals surface area contributed by atoms with Gasteiger partial charge in [-0.15, -0.1) is 0 Å². The number of carbonyl (C=O) groups is 1. The SMILES string of the molecule is C/C=C/C1=CC(Nc2cc(N3CCN(C(C)=O)CC3)nc(Oc3ccc4c(c3F)C=C(C)C4)n2)=NC1. The minimum absolute atomic E-state index is 0.0396. The number of fused-ring (bicyclic) bond motifs is 1. The van der Waals surface area contributed by atoms with Crippen LogP contribution in [-0.2, 0) is 11.2 Å². The maximum Gasteiger partial charge on any atom is 0.326 e. The van der Waals surface area contributed by atoms with E-state index < -0.39 is 5.82 Å². The zero-order chi connectivity index (χ0) is 25.2. The molecule has 1 aliphatic carbocycles. The molecule has 186 valence electrons. The number of allylic oxidation sites excluding steroid dienone is 2. The van der Waals surface area contributed by atoms with Crippen molar-refractivity contribution in [3.8, 4) is 11.8 Å². The molecule has 3 aliphatic rings. The number of carbonyl (C=O) groups excluding carboxylic acids is 1. The minimum Gasteiger partial charge on any atom is -0.421 e. The zero-order valence-corrected chi connectivity index (χ0v) is 20.7. The van der Waals surface area contributed by atoms with Gasteiger partial charge in [0, 0.05) is 44.7 Å². The summed E-state index contributed by atoms with van der Waals surface area (Å²) < 4.78 is 21.1. The highest BCUT2D eigenvalue weighted by atomic mass is 19.1. The molecule has 0 saturated carbocycles. The first kappa shape index (κ1) is 23.7. The number of rotatable bonds is 5. The van der Waals surface area contributed by atoms with Gasteiger partial charge >= 0.3 is 6.01 Å². The van der Waals surface area contributed by atoms with Crippen LogP contribution in [0.1, 0.15) is 31.9 Å². The van der Waals surface area contributed by atoms with Crippen LogP contribution >= 0.6 is 0 Å². The second kappa shape index (κ2) is 9.93. The molecule has 2 aromatic rings. The van der Waals surface area contributed by atoms with Gasteiger partial charge in [-0.3, -0.25) is 9.79 Å². The summed E-state index contributed by atoms with van der Waals surface area (Å²) in [6.07, 6.45) is 8.54. The molecule has 1 aromatic carbocycles. The molecule has 2 aliphatic heterocycles. The standard InChI is InChI=1S/C27H29FN6O2/c1-4-5-19-14-23(29-16-19)30-24-15-25(34-10-8-33(9-11-34)18(3)35)32-27(31-24)36-22-7-6-20-12-17(2)13-21(20)26(22)28/h4-7,13-15H,8-12,16H2,1-3H3,(H,29,30,31,32)/b5-4+. The fraction of sp³-hybridized carbons (Fsp3) is 0.333. The summed E-state index contributed by atoms with van der Waals surface area (Å²) in [5.74, 6) is 1.55. The van der Waals surface area contributed by atoms with Crippen molar-refractivity contribution in [3.63, 3.8) is 0 Å². The third-order valence-corrected chi connectivity index (χ3v) is 6.43. The van der Waals surface area contributed by atoms with E-state index in [0.717, 1.165) is 23.1 Å². The van der Waals surface area contributed by atoms with Gasteiger partial charge in [0.1, 0.15) is 17.5 Å².